The summed E-state index contributed by atoms with van der Waals surface area (Å²) < 4.78 is 17.3. The zero-order chi connectivity index (χ0) is 46.3. The highest BCUT2D eigenvalue weighted by Crippen LogP contribution is 2.16. The van der Waals surface area contributed by atoms with E-state index in [9.17, 15) is 9.59 Å². The van der Waals surface area contributed by atoms with Gasteiger partial charge in [0.2, 0.25) is 0 Å². The monoisotopic (exact) mass is 893 g/mol. The Kier molecular flexibility index (Phi) is 52.4. The summed E-state index contributed by atoms with van der Waals surface area (Å²) in [5.41, 5.74) is 0. The average molecular weight is 893 g/mol. The highest BCUT2D eigenvalue weighted by Gasteiger charge is 2.17. The Hall–Kier alpha value is -2.66. The zero-order valence-corrected chi connectivity index (χ0v) is 42.5. The molecule has 0 aliphatic heterocycles. The van der Waals surface area contributed by atoms with Gasteiger partial charge in [0.25, 0.3) is 0 Å². The highest BCUT2D eigenvalue weighted by atomic mass is 16.6. The number of hydrogen-bond donors (Lipinski definition) is 0. The number of hydrogen-bond acceptors (Lipinski definition) is 5. The van der Waals surface area contributed by atoms with Crippen molar-refractivity contribution in [1.29, 1.82) is 0 Å². The fourth-order valence-electron chi connectivity index (χ4n) is 7.69. The van der Waals surface area contributed by atoms with Crippen molar-refractivity contribution in [3.63, 3.8) is 0 Å². The molecule has 0 aromatic heterocycles. The van der Waals surface area contributed by atoms with Gasteiger partial charge in [0, 0.05) is 12.8 Å². The molecule has 64 heavy (non-hydrogen) atoms. The van der Waals surface area contributed by atoms with E-state index in [1.165, 1.54) is 154 Å². The van der Waals surface area contributed by atoms with Gasteiger partial charge in [0.15, 0.2) is 6.10 Å². The molecule has 0 radical (unpaired) electrons. The number of allylic oxidation sites excluding steroid dienone is 11. The lowest BCUT2D eigenvalue weighted by molar-refractivity contribution is -0.162. The van der Waals surface area contributed by atoms with Crippen LogP contribution in [0.5, 0.6) is 0 Å². The molecule has 1 atom stereocenters. The van der Waals surface area contributed by atoms with Crippen molar-refractivity contribution in [3.05, 3.63) is 72.9 Å². The summed E-state index contributed by atoms with van der Waals surface area (Å²) in [6.07, 6.45) is 70.8. The van der Waals surface area contributed by atoms with E-state index in [0.29, 0.717) is 19.4 Å². The van der Waals surface area contributed by atoms with Crippen LogP contribution in [0.25, 0.3) is 0 Å². The average Bonchev–Trinajstić information content (AvgIpc) is 3.30. The molecule has 0 saturated heterocycles. The third kappa shape index (κ3) is 52.0. The van der Waals surface area contributed by atoms with Crippen LogP contribution in [0.2, 0.25) is 0 Å². The Bertz CT molecular complexity index is 1150. The van der Waals surface area contributed by atoms with Gasteiger partial charge >= 0.3 is 11.9 Å². The molecule has 0 rings (SSSR count). The molecular weight excluding hydrogens is 789 g/mol. The number of esters is 2. The van der Waals surface area contributed by atoms with Crippen molar-refractivity contribution in [3.8, 4) is 0 Å². The van der Waals surface area contributed by atoms with Crippen LogP contribution in [0, 0.1) is 0 Å². The second-order valence-electron chi connectivity index (χ2n) is 18.1. The minimum atomic E-state index is -0.580. The van der Waals surface area contributed by atoms with E-state index in [1.54, 1.807) is 0 Å². The molecule has 0 fully saturated rings. The summed E-state index contributed by atoms with van der Waals surface area (Å²) in [4.78, 5) is 25.4. The maximum Gasteiger partial charge on any atom is 0.306 e. The summed E-state index contributed by atoms with van der Waals surface area (Å²) >= 11 is 0. The molecule has 0 aliphatic rings. The van der Waals surface area contributed by atoms with Crippen LogP contribution in [-0.4, -0.2) is 37.9 Å². The standard InChI is InChI=1S/C59H104O5/c1-4-7-10-13-16-19-22-25-27-29-30-31-32-35-37-40-43-46-49-52-58(60)63-56-57(64-59(61)53-50-47-44-41-38-34-24-21-18-15-12-9-6-3)55-62-54-51-48-45-42-39-36-33-28-26-23-20-17-14-11-8-5-2/h8,11,17,20-21,24,26,28,36,39,45,48,57H,4-7,9-10,12-16,18-19,22-23,25,27,29-35,37-38,40-44,46-47,49-56H2,1-3H3/b11-8-,20-17-,24-21-,28-26-,39-36-,48-45-. The number of unbranched alkanes of at least 4 members (excludes halogenated alkanes) is 27. The van der Waals surface area contributed by atoms with Crippen molar-refractivity contribution < 1.29 is 23.8 Å². The van der Waals surface area contributed by atoms with Gasteiger partial charge in [-0.25, -0.2) is 0 Å². The normalized spacial score (nSPS) is 12.7. The molecule has 0 amide bonds. The van der Waals surface area contributed by atoms with Gasteiger partial charge in [0.05, 0.1) is 13.2 Å². The third-order valence-corrected chi connectivity index (χ3v) is 11.7. The first-order chi connectivity index (χ1) is 31.6. The van der Waals surface area contributed by atoms with Gasteiger partial charge in [0.1, 0.15) is 6.61 Å². The van der Waals surface area contributed by atoms with E-state index in [1.807, 2.05) is 0 Å². The molecule has 370 valence electrons. The summed E-state index contributed by atoms with van der Waals surface area (Å²) in [7, 11) is 0. The van der Waals surface area contributed by atoms with Gasteiger partial charge in [-0.15, -0.1) is 0 Å². The molecule has 0 bridgehead atoms. The first-order valence-electron chi connectivity index (χ1n) is 27.5. The summed E-state index contributed by atoms with van der Waals surface area (Å²) in [6.45, 7) is 7.51. The van der Waals surface area contributed by atoms with E-state index in [0.717, 1.165) is 77.0 Å². The van der Waals surface area contributed by atoms with Crippen LogP contribution in [0.3, 0.4) is 0 Å². The predicted molar refractivity (Wildman–Crippen MR) is 279 cm³/mol. The van der Waals surface area contributed by atoms with Crippen LogP contribution in [0.4, 0.5) is 0 Å². The second-order valence-corrected chi connectivity index (χ2v) is 18.1. The largest absolute Gasteiger partial charge is 0.462 e. The molecule has 0 aromatic carbocycles. The Morgan fingerprint density at radius 3 is 1.14 bits per heavy atom. The van der Waals surface area contributed by atoms with E-state index < -0.39 is 6.10 Å². The third-order valence-electron chi connectivity index (χ3n) is 11.7. The van der Waals surface area contributed by atoms with Crippen LogP contribution in [0.1, 0.15) is 265 Å². The Morgan fingerprint density at radius 2 is 0.703 bits per heavy atom. The number of rotatable bonds is 50. The smallest absolute Gasteiger partial charge is 0.306 e. The van der Waals surface area contributed by atoms with Crippen LogP contribution >= 0.6 is 0 Å². The Morgan fingerprint density at radius 1 is 0.359 bits per heavy atom. The molecule has 0 heterocycles. The fraction of sp³-hybridized carbons (Fsp3) is 0.763. The topological polar surface area (TPSA) is 61.8 Å². The lowest BCUT2D eigenvalue weighted by Crippen LogP contribution is -2.30. The first kappa shape index (κ1) is 61.3. The quantitative estimate of drug-likeness (QED) is 0.0346. The van der Waals surface area contributed by atoms with Crippen LogP contribution in [-0.2, 0) is 23.8 Å². The maximum atomic E-state index is 12.8. The number of ether oxygens (including phenoxy) is 3. The predicted octanol–water partition coefficient (Wildman–Crippen LogP) is 18.7. The van der Waals surface area contributed by atoms with E-state index >= 15 is 0 Å². The van der Waals surface area contributed by atoms with E-state index in [2.05, 4.69) is 93.7 Å². The summed E-state index contributed by atoms with van der Waals surface area (Å²) in [6, 6.07) is 0. The van der Waals surface area contributed by atoms with Crippen molar-refractivity contribution >= 4 is 11.9 Å². The molecule has 1 unspecified atom stereocenters. The van der Waals surface area contributed by atoms with Gasteiger partial charge < -0.3 is 14.2 Å². The number of carbonyl (C=O) groups excluding carboxylic acids is 2. The minimum absolute atomic E-state index is 0.0531. The number of carbonyl (C=O) groups is 2. The van der Waals surface area contributed by atoms with Crippen LogP contribution in [0.15, 0.2) is 72.9 Å². The minimum Gasteiger partial charge on any atom is -0.462 e. The Labute approximate surface area is 397 Å². The van der Waals surface area contributed by atoms with Gasteiger partial charge in [-0.1, -0.05) is 248 Å². The van der Waals surface area contributed by atoms with Gasteiger partial charge in [-0.2, -0.15) is 0 Å². The van der Waals surface area contributed by atoms with E-state index in [-0.39, 0.29) is 25.2 Å². The molecule has 0 spiro atoms. The summed E-state index contributed by atoms with van der Waals surface area (Å²) in [5, 5.41) is 0. The van der Waals surface area contributed by atoms with E-state index in [4.69, 9.17) is 14.2 Å². The van der Waals surface area contributed by atoms with Crippen LogP contribution < -0.4 is 0 Å². The molecular formula is C59H104O5. The van der Waals surface area contributed by atoms with Crippen molar-refractivity contribution in [1.82, 2.24) is 0 Å². The molecule has 0 aromatic rings. The zero-order valence-electron chi connectivity index (χ0n) is 42.5. The molecule has 5 heteroatoms. The first-order valence-corrected chi connectivity index (χ1v) is 27.5. The van der Waals surface area contributed by atoms with Crippen molar-refractivity contribution in [2.24, 2.45) is 0 Å². The summed E-state index contributed by atoms with van der Waals surface area (Å²) in [5.74, 6) is -0.439. The lowest BCUT2D eigenvalue weighted by Gasteiger charge is -2.18. The SMILES string of the molecule is CC/C=C\C/C=C\C/C=C\C/C=C\C/C=C\CCOCC(COC(=O)CCCCCCCCCCCCCCCCCCCCC)OC(=O)CCCCCCC/C=C\CCCCCC. The molecule has 0 N–H and O–H groups in total. The lowest BCUT2D eigenvalue weighted by atomic mass is 10.0. The fourth-order valence-corrected chi connectivity index (χ4v) is 7.69. The van der Waals surface area contributed by atoms with Gasteiger partial charge in [-0.05, 0) is 77.0 Å². The molecule has 5 nitrogen and oxygen atoms in total. The van der Waals surface area contributed by atoms with Crippen molar-refractivity contribution in [2.75, 3.05) is 19.8 Å². The Balaban J connectivity index is 4.32. The molecule has 0 saturated carbocycles. The van der Waals surface area contributed by atoms with Crippen molar-refractivity contribution in [2.45, 2.75) is 271 Å². The maximum absolute atomic E-state index is 12.8. The second kappa shape index (κ2) is 54.7. The highest BCUT2D eigenvalue weighted by molar-refractivity contribution is 5.70. The van der Waals surface area contributed by atoms with Gasteiger partial charge in [-0.3, -0.25) is 9.59 Å². The molecule has 0 aliphatic carbocycles.